The lowest BCUT2D eigenvalue weighted by atomic mass is 10.1. The Morgan fingerprint density at radius 2 is 1.81 bits per heavy atom. The summed E-state index contributed by atoms with van der Waals surface area (Å²) in [6.07, 6.45) is 3.28. The van der Waals surface area contributed by atoms with Crippen molar-refractivity contribution in [2.75, 3.05) is 33.2 Å². The van der Waals surface area contributed by atoms with Crippen molar-refractivity contribution in [3.8, 4) is 0 Å². The zero-order chi connectivity index (χ0) is 18.1. The predicted octanol–water partition coefficient (Wildman–Crippen LogP) is 1.82. The molecule has 0 aliphatic carbocycles. The summed E-state index contributed by atoms with van der Waals surface area (Å²) in [6, 6.07) is 10.2. The zero-order valence-corrected chi connectivity index (χ0v) is 15.0. The second-order valence-corrected chi connectivity index (χ2v) is 6.74. The molecule has 1 atom stereocenters. The molecule has 1 saturated heterocycles. The van der Waals surface area contributed by atoms with Crippen LogP contribution < -0.4 is 0 Å². The number of benzene rings is 1. The zero-order valence-electron chi connectivity index (χ0n) is 15.0. The van der Waals surface area contributed by atoms with Gasteiger partial charge in [-0.05, 0) is 19.5 Å². The van der Waals surface area contributed by atoms with Crippen LogP contribution in [-0.4, -0.2) is 68.5 Å². The first-order valence-electron chi connectivity index (χ1n) is 8.86. The first-order chi connectivity index (χ1) is 12.6. The summed E-state index contributed by atoms with van der Waals surface area (Å²) in [5, 5.41) is 0. The Morgan fingerprint density at radius 3 is 2.54 bits per heavy atom. The van der Waals surface area contributed by atoms with E-state index >= 15 is 0 Å². The number of amides is 1. The van der Waals surface area contributed by atoms with Crippen molar-refractivity contribution < 1.29 is 4.79 Å². The molecule has 0 unspecified atom stereocenters. The van der Waals surface area contributed by atoms with E-state index in [0.717, 1.165) is 18.7 Å². The minimum atomic E-state index is -0.0624. The van der Waals surface area contributed by atoms with Crippen molar-refractivity contribution in [3.63, 3.8) is 0 Å². The summed E-state index contributed by atoms with van der Waals surface area (Å²) in [5.74, 6) is -0.0624. The molecule has 0 bridgehead atoms. The van der Waals surface area contributed by atoms with E-state index < -0.39 is 0 Å². The molecule has 26 heavy (non-hydrogen) atoms. The SMILES string of the molecule is C[C@@H](c1ccccc1)n1cnc2ncc(C(=O)N3CCN(C)CC3)nc21. The van der Waals surface area contributed by atoms with Crippen LogP contribution in [0.2, 0.25) is 0 Å². The summed E-state index contributed by atoms with van der Waals surface area (Å²) in [7, 11) is 2.07. The first kappa shape index (κ1) is 16.7. The van der Waals surface area contributed by atoms with E-state index in [1.807, 2.05) is 27.7 Å². The molecule has 1 aliphatic rings. The third-order valence-corrected chi connectivity index (χ3v) is 4.99. The van der Waals surface area contributed by atoms with Gasteiger partial charge in [-0.1, -0.05) is 30.3 Å². The fourth-order valence-electron chi connectivity index (χ4n) is 3.26. The molecule has 1 aliphatic heterocycles. The maximum absolute atomic E-state index is 12.8. The van der Waals surface area contributed by atoms with Gasteiger partial charge in [0.1, 0.15) is 5.69 Å². The van der Waals surface area contributed by atoms with Crippen LogP contribution >= 0.6 is 0 Å². The third-order valence-electron chi connectivity index (χ3n) is 4.99. The molecule has 3 aromatic rings. The van der Waals surface area contributed by atoms with E-state index in [9.17, 15) is 4.79 Å². The highest BCUT2D eigenvalue weighted by atomic mass is 16.2. The van der Waals surface area contributed by atoms with Crippen molar-refractivity contribution in [1.29, 1.82) is 0 Å². The number of nitrogens with zero attached hydrogens (tertiary/aromatic N) is 6. The molecule has 0 saturated carbocycles. The highest BCUT2D eigenvalue weighted by Gasteiger charge is 2.23. The second kappa shape index (κ2) is 6.84. The van der Waals surface area contributed by atoms with Gasteiger partial charge in [0.2, 0.25) is 0 Å². The van der Waals surface area contributed by atoms with Crippen LogP contribution in [0.15, 0.2) is 42.9 Å². The normalized spacial score (nSPS) is 16.8. The van der Waals surface area contributed by atoms with E-state index in [1.165, 1.54) is 6.20 Å². The van der Waals surface area contributed by atoms with Crippen molar-refractivity contribution >= 4 is 17.2 Å². The van der Waals surface area contributed by atoms with Crippen LogP contribution in [-0.2, 0) is 0 Å². The van der Waals surface area contributed by atoms with Crippen LogP contribution in [0.5, 0.6) is 0 Å². The fourth-order valence-corrected chi connectivity index (χ4v) is 3.26. The maximum Gasteiger partial charge on any atom is 0.274 e. The molecule has 7 heteroatoms. The molecule has 2 aromatic heterocycles. The molecule has 4 rings (SSSR count). The van der Waals surface area contributed by atoms with E-state index in [1.54, 1.807) is 6.33 Å². The van der Waals surface area contributed by atoms with Gasteiger partial charge in [0, 0.05) is 26.2 Å². The Morgan fingerprint density at radius 1 is 1.08 bits per heavy atom. The first-order valence-corrected chi connectivity index (χ1v) is 8.86. The Balaban J connectivity index is 1.65. The Kier molecular flexibility index (Phi) is 4.38. The van der Waals surface area contributed by atoms with E-state index in [4.69, 9.17) is 0 Å². The van der Waals surface area contributed by atoms with Crippen molar-refractivity contribution in [2.45, 2.75) is 13.0 Å². The van der Waals surface area contributed by atoms with E-state index in [-0.39, 0.29) is 11.9 Å². The van der Waals surface area contributed by atoms with Gasteiger partial charge in [-0.2, -0.15) is 0 Å². The fraction of sp³-hybridized carbons (Fsp3) is 0.368. The minimum Gasteiger partial charge on any atom is -0.335 e. The van der Waals surface area contributed by atoms with Gasteiger partial charge in [0.05, 0.1) is 18.6 Å². The monoisotopic (exact) mass is 350 g/mol. The molecule has 0 spiro atoms. The van der Waals surface area contributed by atoms with Gasteiger partial charge >= 0.3 is 0 Å². The molecule has 3 heterocycles. The van der Waals surface area contributed by atoms with Crippen LogP contribution in [0, 0.1) is 0 Å². The van der Waals surface area contributed by atoms with Crippen LogP contribution in [0.3, 0.4) is 0 Å². The number of likely N-dealkylation sites (N-methyl/N-ethyl adjacent to an activating group) is 1. The number of carbonyl (C=O) groups excluding carboxylic acids is 1. The Bertz CT molecular complexity index is 914. The topological polar surface area (TPSA) is 67.2 Å². The molecule has 7 nitrogen and oxygen atoms in total. The lowest BCUT2D eigenvalue weighted by Gasteiger charge is -2.32. The molecule has 0 N–H and O–H groups in total. The van der Waals surface area contributed by atoms with Crippen LogP contribution in [0.1, 0.15) is 29.0 Å². The number of piperazine rings is 1. The van der Waals surface area contributed by atoms with Gasteiger partial charge < -0.3 is 14.4 Å². The van der Waals surface area contributed by atoms with Gasteiger partial charge in [-0.25, -0.2) is 15.0 Å². The predicted molar refractivity (Wildman–Crippen MR) is 99.0 cm³/mol. The average Bonchev–Trinajstić information content (AvgIpc) is 3.11. The van der Waals surface area contributed by atoms with Crippen LogP contribution in [0.25, 0.3) is 11.3 Å². The highest BCUT2D eigenvalue weighted by molar-refractivity contribution is 5.93. The van der Waals surface area contributed by atoms with Gasteiger partial charge in [0.25, 0.3) is 5.91 Å². The molecule has 0 radical (unpaired) electrons. The van der Waals surface area contributed by atoms with Crippen molar-refractivity contribution in [1.82, 2.24) is 29.3 Å². The van der Waals surface area contributed by atoms with Crippen molar-refractivity contribution in [3.05, 3.63) is 54.1 Å². The molecular weight excluding hydrogens is 328 g/mol. The smallest absolute Gasteiger partial charge is 0.274 e. The molecule has 134 valence electrons. The van der Waals surface area contributed by atoms with E-state index in [2.05, 4.69) is 46.0 Å². The average molecular weight is 350 g/mol. The molecular formula is C19H22N6O. The standard InChI is InChI=1S/C19H22N6O/c1-14(15-6-4-3-5-7-15)25-13-21-17-18(25)22-16(12-20-17)19(26)24-10-8-23(2)9-11-24/h3-7,12-14H,8-11H2,1-2H3/t14-/m0/s1. The van der Waals surface area contributed by atoms with Crippen LogP contribution in [0.4, 0.5) is 0 Å². The Labute approximate surface area is 152 Å². The van der Waals surface area contributed by atoms with Gasteiger partial charge in [0.15, 0.2) is 11.3 Å². The quantitative estimate of drug-likeness (QED) is 0.721. The molecule has 1 amide bonds. The highest BCUT2D eigenvalue weighted by Crippen LogP contribution is 2.21. The summed E-state index contributed by atoms with van der Waals surface area (Å²) in [5.41, 5.74) is 2.73. The number of carbonyl (C=O) groups is 1. The maximum atomic E-state index is 12.8. The Hall–Kier alpha value is -2.80. The lowest BCUT2D eigenvalue weighted by Crippen LogP contribution is -2.47. The summed E-state index contributed by atoms with van der Waals surface area (Å²) in [6.45, 7) is 5.28. The number of rotatable bonds is 3. The molecule has 1 fully saturated rings. The number of imidazole rings is 1. The van der Waals surface area contributed by atoms with Crippen molar-refractivity contribution in [2.24, 2.45) is 0 Å². The number of hydrogen-bond acceptors (Lipinski definition) is 5. The summed E-state index contributed by atoms with van der Waals surface area (Å²) in [4.78, 5) is 30.2. The summed E-state index contributed by atoms with van der Waals surface area (Å²) < 4.78 is 1.97. The lowest BCUT2D eigenvalue weighted by molar-refractivity contribution is 0.0658. The second-order valence-electron chi connectivity index (χ2n) is 6.74. The third kappa shape index (κ3) is 3.06. The van der Waals surface area contributed by atoms with Gasteiger partial charge in [-0.3, -0.25) is 4.79 Å². The molecule has 1 aromatic carbocycles. The van der Waals surface area contributed by atoms with Gasteiger partial charge in [-0.15, -0.1) is 0 Å². The number of fused-ring (bicyclic) bond motifs is 1. The number of aromatic nitrogens is 4. The largest absolute Gasteiger partial charge is 0.335 e. The minimum absolute atomic E-state index is 0.0597. The van der Waals surface area contributed by atoms with E-state index in [0.29, 0.717) is 30.1 Å². The summed E-state index contributed by atoms with van der Waals surface area (Å²) >= 11 is 0. The number of hydrogen-bond donors (Lipinski definition) is 0.